The molecule has 96 valence electrons. The van der Waals surface area contributed by atoms with Crippen molar-refractivity contribution in [3.8, 4) is 0 Å². The molecule has 1 amide bonds. The number of hydrogen-bond acceptors (Lipinski definition) is 4. The third-order valence-corrected chi connectivity index (χ3v) is 4.00. The molecular formula is C12H21N3OS. The van der Waals surface area contributed by atoms with Gasteiger partial charge in [-0.25, -0.2) is 4.98 Å². The van der Waals surface area contributed by atoms with Crippen molar-refractivity contribution in [2.45, 2.75) is 39.8 Å². The Balaban J connectivity index is 2.59. The average Bonchev–Trinajstić information content (AvgIpc) is 2.74. The van der Waals surface area contributed by atoms with E-state index in [1.54, 1.807) is 23.3 Å². The zero-order valence-corrected chi connectivity index (χ0v) is 11.8. The van der Waals surface area contributed by atoms with E-state index < -0.39 is 0 Å². The first-order valence-electron chi connectivity index (χ1n) is 5.89. The smallest absolute Gasteiger partial charge is 0.227 e. The summed E-state index contributed by atoms with van der Waals surface area (Å²) < 4.78 is 0. The van der Waals surface area contributed by atoms with Gasteiger partial charge in [0.05, 0.1) is 12.5 Å². The van der Waals surface area contributed by atoms with E-state index in [1.807, 2.05) is 20.0 Å². The van der Waals surface area contributed by atoms with E-state index in [0.29, 0.717) is 6.54 Å². The molecule has 2 unspecified atom stereocenters. The Morgan fingerprint density at radius 2 is 2.24 bits per heavy atom. The van der Waals surface area contributed by atoms with Crippen molar-refractivity contribution in [2.24, 2.45) is 11.7 Å². The lowest BCUT2D eigenvalue weighted by Gasteiger charge is -2.22. The van der Waals surface area contributed by atoms with Crippen LogP contribution in [0.1, 0.15) is 30.7 Å². The maximum Gasteiger partial charge on any atom is 0.227 e. The standard InChI is InChI=1S/C12H21N3OS/c1-5-10-6-14-11(17-10)7-15(4)12(16)8(2)9(3)13/h6,8-9H,5,7,13H2,1-4H3. The van der Waals surface area contributed by atoms with Crippen molar-refractivity contribution >= 4 is 17.2 Å². The molecule has 0 aliphatic carbocycles. The molecule has 4 nitrogen and oxygen atoms in total. The van der Waals surface area contributed by atoms with E-state index in [9.17, 15) is 4.79 Å². The van der Waals surface area contributed by atoms with Crippen LogP contribution in [0.5, 0.6) is 0 Å². The number of amides is 1. The minimum Gasteiger partial charge on any atom is -0.339 e. The monoisotopic (exact) mass is 255 g/mol. The number of hydrogen-bond donors (Lipinski definition) is 1. The van der Waals surface area contributed by atoms with Gasteiger partial charge in [-0.2, -0.15) is 0 Å². The number of carbonyl (C=O) groups excluding carboxylic acids is 1. The van der Waals surface area contributed by atoms with E-state index in [4.69, 9.17) is 5.73 Å². The van der Waals surface area contributed by atoms with E-state index in [-0.39, 0.29) is 17.9 Å². The zero-order valence-electron chi connectivity index (χ0n) is 10.9. The van der Waals surface area contributed by atoms with Gasteiger partial charge in [0.1, 0.15) is 5.01 Å². The molecule has 0 aliphatic rings. The highest BCUT2D eigenvalue weighted by Gasteiger charge is 2.21. The maximum absolute atomic E-state index is 12.0. The molecule has 1 aromatic rings. The Morgan fingerprint density at radius 1 is 1.59 bits per heavy atom. The summed E-state index contributed by atoms with van der Waals surface area (Å²) >= 11 is 1.66. The number of thiazole rings is 1. The Kier molecular flexibility index (Phi) is 5.08. The first-order chi connectivity index (χ1) is 7.95. The summed E-state index contributed by atoms with van der Waals surface area (Å²) in [6.45, 7) is 6.39. The molecule has 1 aromatic heterocycles. The number of nitrogens with zero attached hydrogens (tertiary/aromatic N) is 2. The fourth-order valence-corrected chi connectivity index (χ4v) is 2.35. The first-order valence-corrected chi connectivity index (χ1v) is 6.71. The van der Waals surface area contributed by atoms with Gasteiger partial charge in [-0.1, -0.05) is 13.8 Å². The molecular weight excluding hydrogens is 234 g/mol. The summed E-state index contributed by atoms with van der Waals surface area (Å²) in [5.74, 6) is -0.0705. The molecule has 0 saturated heterocycles. The van der Waals surface area contributed by atoms with Gasteiger partial charge in [0.2, 0.25) is 5.91 Å². The van der Waals surface area contributed by atoms with Gasteiger partial charge in [0, 0.05) is 24.2 Å². The summed E-state index contributed by atoms with van der Waals surface area (Å²) in [6.07, 6.45) is 2.87. The van der Waals surface area contributed by atoms with Crippen LogP contribution in [-0.4, -0.2) is 28.9 Å². The van der Waals surface area contributed by atoms with Gasteiger partial charge in [0.25, 0.3) is 0 Å². The Morgan fingerprint density at radius 3 is 2.71 bits per heavy atom. The lowest BCUT2D eigenvalue weighted by atomic mass is 10.0. The van der Waals surface area contributed by atoms with Crippen molar-refractivity contribution in [1.82, 2.24) is 9.88 Å². The van der Waals surface area contributed by atoms with Crippen LogP contribution in [0.15, 0.2) is 6.20 Å². The van der Waals surface area contributed by atoms with Crippen molar-refractivity contribution in [2.75, 3.05) is 7.05 Å². The highest BCUT2D eigenvalue weighted by molar-refractivity contribution is 7.11. The number of aryl methyl sites for hydroxylation is 1. The summed E-state index contributed by atoms with van der Waals surface area (Å²) in [7, 11) is 1.80. The van der Waals surface area contributed by atoms with Crippen molar-refractivity contribution < 1.29 is 4.79 Å². The van der Waals surface area contributed by atoms with Crippen LogP contribution in [0.3, 0.4) is 0 Å². The fourth-order valence-electron chi connectivity index (χ4n) is 1.44. The highest BCUT2D eigenvalue weighted by atomic mass is 32.1. The number of aromatic nitrogens is 1. The molecule has 2 atom stereocenters. The minimum atomic E-state index is -0.148. The molecule has 17 heavy (non-hydrogen) atoms. The fraction of sp³-hybridized carbons (Fsp3) is 0.667. The van der Waals surface area contributed by atoms with E-state index in [1.165, 1.54) is 4.88 Å². The summed E-state index contributed by atoms with van der Waals surface area (Å²) in [5, 5.41) is 0.981. The Labute approximate surface area is 107 Å². The molecule has 1 heterocycles. The predicted molar refractivity (Wildman–Crippen MR) is 70.8 cm³/mol. The molecule has 0 aliphatic heterocycles. The molecule has 0 spiro atoms. The van der Waals surface area contributed by atoms with E-state index >= 15 is 0 Å². The highest BCUT2D eigenvalue weighted by Crippen LogP contribution is 2.16. The molecule has 0 fully saturated rings. The minimum absolute atomic E-state index is 0.0771. The topological polar surface area (TPSA) is 59.2 Å². The third-order valence-electron chi connectivity index (χ3n) is 2.88. The normalized spacial score (nSPS) is 14.4. The maximum atomic E-state index is 12.0. The van der Waals surface area contributed by atoms with Crippen molar-refractivity contribution in [1.29, 1.82) is 0 Å². The van der Waals surface area contributed by atoms with Gasteiger partial charge in [-0.15, -0.1) is 11.3 Å². The summed E-state index contributed by atoms with van der Waals surface area (Å²) in [6, 6.07) is -0.118. The number of carbonyl (C=O) groups is 1. The van der Waals surface area contributed by atoms with Crippen LogP contribution < -0.4 is 5.73 Å². The Hall–Kier alpha value is -0.940. The van der Waals surface area contributed by atoms with Crippen LogP contribution in [0.2, 0.25) is 0 Å². The second-order valence-electron chi connectivity index (χ2n) is 4.42. The molecule has 0 bridgehead atoms. The van der Waals surface area contributed by atoms with Crippen LogP contribution >= 0.6 is 11.3 Å². The molecule has 2 N–H and O–H groups in total. The average molecular weight is 255 g/mol. The quantitative estimate of drug-likeness (QED) is 0.870. The predicted octanol–water partition coefficient (Wildman–Crippen LogP) is 1.65. The van der Waals surface area contributed by atoms with Gasteiger partial charge in [0.15, 0.2) is 0 Å². The summed E-state index contributed by atoms with van der Waals surface area (Å²) in [4.78, 5) is 19.2. The molecule has 0 radical (unpaired) electrons. The second kappa shape index (κ2) is 6.12. The lowest BCUT2D eigenvalue weighted by Crippen LogP contribution is -2.39. The van der Waals surface area contributed by atoms with E-state index in [0.717, 1.165) is 11.4 Å². The molecule has 0 aromatic carbocycles. The van der Waals surface area contributed by atoms with Crippen LogP contribution in [-0.2, 0) is 17.8 Å². The van der Waals surface area contributed by atoms with Gasteiger partial charge < -0.3 is 10.6 Å². The summed E-state index contributed by atoms with van der Waals surface area (Å²) in [5.41, 5.74) is 5.73. The molecule has 0 saturated carbocycles. The lowest BCUT2D eigenvalue weighted by molar-refractivity contribution is -0.134. The van der Waals surface area contributed by atoms with Crippen molar-refractivity contribution in [3.63, 3.8) is 0 Å². The number of rotatable bonds is 5. The zero-order chi connectivity index (χ0) is 13.0. The van der Waals surface area contributed by atoms with Crippen LogP contribution in [0, 0.1) is 5.92 Å². The van der Waals surface area contributed by atoms with Crippen molar-refractivity contribution in [3.05, 3.63) is 16.1 Å². The first kappa shape index (κ1) is 14.1. The van der Waals surface area contributed by atoms with Gasteiger partial charge >= 0.3 is 0 Å². The number of nitrogens with two attached hydrogens (primary N) is 1. The Bertz CT molecular complexity index is 376. The van der Waals surface area contributed by atoms with Gasteiger partial charge in [-0.3, -0.25) is 4.79 Å². The third kappa shape index (κ3) is 3.78. The van der Waals surface area contributed by atoms with E-state index in [2.05, 4.69) is 11.9 Å². The van der Waals surface area contributed by atoms with Crippen LogP contribution in [0.4, 0.5) is 0 Å². The SMILES string of the molecule is CCc1cnc(CN(C)C(=O)C(C)C(C)N)s1. The molecule has 5 heteroatoms. The molecule has 1 rings (SSSR count). The van der Waals surface area contributed by atoms with Gasteiger partial charge in [-0.05, 0) is 13.3 Å². The largest absolute Gasteiger partial charge is 0.339 e. The second-order valence-corrected chi connectivity index (χ2v) is 5.62. The van der Waals surface area contributed by atoms with Crippen LogP contribution in [0.25, 0.3) is 0 Å².